The van der Waals surface area contributed by atoms with Gasteiger partial charge < -0.3 is 4.90 Å². The zero-order valence-corrected chi connectivity index (χ0v) is 9.58. The minimum absolute atomic E-state index is 0.885. The number of likely N-dealkylation sites (tertiary alicyclic amines) is 2. The van der Waals surface area contributed by atoms with E-state index >= 15 is 0 Å². The molecule has 0 aromatic heterocycles. The maximum Gasteiger partial charge on any atom is 0.0235 e. The molecule has 2 rings (SSSR count). The molecule has 0 aromatic carbocycles. The third-order valence-corrected chi connectivity index (χ3v) is 2.98. The Morgan fingerprint density at radius 3 is 2.08 bits per heavy atom. The molecule has 2 heterocycles. The summed E-state index contributed by atoms with van der Waals surface area (Å²) in [7, 11) is 2.23. The standard InChI is InChI=1S/C9H18N2.C2H6/c1-8-5-11(6-8)9-3-4-10(2)7-9;1-2/h8-9H,3-7H2,1-2H3;1-2H3. The van der Waals surface area contributed by atoms with E-state index in [0.29, 0.717) is 0 Å². The monoisotopic (exact) mass is 184 g/mol. The van der Waals surface area contributed by atoms with Crippen molar-refractivity contribution in [2.24, 2.45) is 5.92 Å². The van der Waals surface area contributed by atoms with Crippen molar-refractivity contribution in [2.75, 3.05) is 33.2 Å². The molecule has 2 heteroatoms. The summed E-state index contributed by atoms with van der Waals surface area (Å²) in [4.78, 5) is 5.07. The minimum Gasteiger partial charge on any atom is -0.305 e. The van der Waals surface area contributed by atoms with Gasteiger partial charge in [0.25, 0.3) is 0 Å². The molecule has 1 atom stereocenters. The van der Waals surface area contributed by atoms with Crippen LogP contribution in [-0.4, -0.2) is 49.1 Å². The highest BCUT2D eigenvalue weighted by molar-refractivity contribution is 4.88. The van der Waals surface area contributed by atoms with Crippen molar-refractivity contribution in [1.29, 1.82) is 0 Å². The predicted octanol–water partition coefficient (Wildman–Crippen LogP) is 1.67. The summed E-state index contributed by atoms with van der Waals surface area (Å²) in [5.74, 6) is 0.959. The van der Waals surface area contributed by atoms with Gasteiger partial charge in [0.05, 0.1) is 0 Å². The minimum atomic E-state index is 0.885. The molecule has 2 fully saturated rings. The molecule has 78 valence electrons. The SMILES string of the molecule is CC.CC1CN(C2CCN(C)C2)C1. The molecule has 0 aromatic rings. The fourth-order valence-corrected chi connectivity index (χ4v) is 2.26. The first-order valence-corrected chi connectivity index (χ1v) is 5.68. The van der Waals surface area contributed by atoms with E-state index in [9.17, 15) is 0 Å². The summed E-state index contributed by atoms with van der Waals surface area (Å²) in [6, 6.07) is 0.885. The largest absolute Gasteiger partial charge is 0.305 e. The Labute approximate surface area is 82.9 Å². The third-order valence-electron chi connectivity index (χ3n) is 2.98. The number of likely N-dealkylation sites (N-methyl/N-ethyl adjacent to an activating group) is 1. The fourth-order valence-electron chi connectivity index (χ4n) is 2.26. The summed E-state index contributed by atoms with van der Waals surface area (Å²) >= 11 is 0. The molecule has 0 radical (unpaired) electrons. The van der Waals surface area contributed by atoms with Crippen LogP contribution in [0.25, 0.3) is 0 Å². The summed E-state index contributed by atoms with van der Waals surface area (Å²) in [6.45, 7) is 11.6. The first kappa shape index (κ1) is 11.0. The molecule has 0 N–H and O–H groups in total. The number of nitrogens with zero attached hydrogens (tertiary/aromatic N) is 2. The van der Waals surface area contributed by atoms with Crippen LogP contribution in [0, 0.1) is 5.92 Å². The zero-order valence-electron chi connectivity index (χ0n) is 9.58. The molecule has 2 aliphatic heterocycles. The number of hydrogen-bond donors (Lipinski definition) is 0. The van der Waals surface area contributed by atoms with E-state index in [-0.39, 0.29) is 0 Å². The van der Waals surface area contributed by atoms with E-state index in [1.54, 1.807) is 0 Å². The Morgan fingerprint density at radius 2 is 1.69 bits per heavy atom. The van der Waals surface area contributed by atoms with Crippen molar-refractivity contribution >= 4 is 0 Å². The second kappa shape index (κ2) is 4.97. The van der Waals surface area contributed by atoms with Gasteiger partial charge in [-0.3, -0.25) is 4.90 Å². The number of rotatable bonds is 1. The molecule has 0 spiro atoms. The van der Waals surface area contributed by atoms with E-state index in [2.05, 4.69) is 23.8 Å². The van der Waals surface area contributed by atoms with Crippen molar-refractivity contribution in [1.82, 2.24) is 9.80 Å². The van der Waals surface area contributed by atoms with Crippen molar-refractivity contribution in [3.05, 3.63) is 0 Å². The molecule has 0 amide bonds. The van der Waals surface area contributed by atoms with Gasteiger partial charge in [-0.1, -0.05) is 20.8 Å². The van der Waals surface area contributed by atoms with Gasteiger partial charge in [0.15, 0.2) is 0 Å². The van der Waals surface area contributed by atoms with Crippen LogP contribution in [0.1, 0.15) is 27.2 Å². The van der Waals surface area contributed by atoms with Gasteiger partial charge in [-0.15, -0.1) is 0 Å². The van der Waals surface area contributed by atoms with Crippen molar-refractivity contribution in [2.45, 2.75) is 33.2 Å². The van der Waals surface area contributed by atoms with Crippen molar-refractivity contribution < 1.29 is 0 Å². The van der Waals surface area contributed by atoms with Gasteiger partial charge in [0.1, 0.15) is 0 Å². The smallest absolute Gasteiger partial charge is 0.0235 e. The van der Waals surface area contributed by atoms with Crippen LogP contribution >= 0.6 is 0 Å². The quantitative estimate of drug-likeness (QED) is 0.611. The second-order valence-electron chi connectivity index (χ2n) is 4.26. The van der Waals surface area contributed by atoms with E-state index in [1.165, 1.54) is 32.6 Å². The van der Waals surface area contributed by atoms with Crippen LogP contribution in [0.5, 0.6) is 0 Å². The Kier molecular flexibility index (Phi) is 4.20. The maximum atomic E-state index is 2.63. The molecule has 2 saturated heterocycles. The summed E-state index contributed by atoms with van der Waals surface area (Å²) in [5, 5.41) is 0. The highest BCUT2D eigenvalue weighted by Crippen LogP contribution is 2.22. The van der Waals surface area contributed by atoms with Gasteiger partial charge in [0, 0.05) is 25.7 Å². The highest BCUT2D eigenvalue weighted by Gasteiger charge is 2.32. The van der Waals surface area contributed by atoms with Crippen molar-refractivity contribution in [3.63, 3.8) is 0 Å². The Bertz CT molecular complexity index is 141. The Balaban J connectivity index is 0.000000396. The van der Waals surface area contributed by atoms with Crippen LogP contribution in [-0.2, 0) is 0 Å². The van der Waals surface area contributed by atoms with E-state index in [0.717, 1.165) is 12.0 Å². The normalized spacial score (nSPS) is 30.9. The second-order valence-corrected chi connectivity index (χ2v) is 4.26. The summed E-state index contributed by atoms with van der Waals surface area (Å²) in [5.41, 5.74) is 0. The first-order valence-electron chi connectivity index (χ1n) is 5.68. The lowest BCUT2D eigenvalue weighted by Gasteiger charge is -2.41. The molecule has 0 aliphatic carbocycles. The lowest BCUT2D eigenvalue weighted by Crippen LogP contribution is -2.51. The average Bonchev–Trinajstić information content (AvgIpc) is 2.50. The molecule has 0 bridgehead atoms. The van der Waals surface area contributed by atoms with Crippen LogP contribution in [0.15, 0.2) is 0 Å². The Morgan fingerprint density at radius 1 is 1.08 bits per heavy atom. The molecule has 2 nitrogen and oxygen atoms in total. The molecule has 0 saturated carbocycles. The van der Waals surface area contributed by atoms with Gasteiger partial charge in [-0.25, -0.2) is 0 Å². The maximum absolute atomic E-state index is 2.63. The Hall–Kier alpha value is -0.0800. The van der Waals surface area contributed by atoms with Gasteiger partial charge >= 0.3 is 0 Å². The van der Waals surface area contributed by atoms with E-state index in [4.69, 9.17) is 0 Å². The lowest BCUT2D eigenvalue weighted by atomic mass is 9.99. The molecular formula is C11H24N2. The van der Waals surface area contributed by atoms with Crippen molar-refractivity contribution in [3.8, 4) is 0 Å². The molecule has 1 unspecified atom stereocenters. The third kappa shape index (κ3) is 2.68. The number of hydrogen-bond acceptors (Lipinski definition) is 2. The van der Waals surface area contributed by atoms with Gasteiger partial charge in [0.2, 0.25) is 0 Å². The summed E-state index contributed by atoms with van der Waals surface area (Å²) < 4.78 is 0. The highest BCUT2D eigenvalue weighted by atomic mass is 15.3. The van der Waals surface area contributed by atoms with Crippen LogP contribution in [0.3, 0.4) is 0 Å². The molecular weight excluding hydrogens is 160 g/mol. The lowest BCUT2D eigenvalue weighted by molar-refractivity contribution is 0.0669. The van der Waals surface area contributed by atoms with E-state index < -0.39 is 0 Å². The van der Waals surface area contributed by atoms with Crippen LogP contribution in [0.4, 0.5) is 0 Å². The first-order chi connectivity index (χ1) is 6.25. The topological polar surface area (TPSA) is 6.48 Å². The average molecular weight is 184 g/mol. The van der Waals surface area contributed by atoms with Gasteiger partial charge in [-0.05, 0) is 25.9 Å². The predicted molar refractivity (Wildman–Crippen MR) is 58.0 cm³/mol. The van der Waals surface area contributed by atoms with Gasteiger partial charge in [-0.2, -0.15) is 0 Å². The molecule has 2 aliphatic rings. The zero-order chi connectivity index (χ0) is 9.84. The summed E-state index contributed by atoms with van der Waals surface area (Å²) in [6.07, 6.45) is 1.39. The fraction of sp³-hybridized carbons (Fsp3) is 1.00. The van der Waals surface area contributed by atoms with Crippen LogP contribution < -0.4 is 0 Å². The van der Waals surface area contributed by atoms with Crippen LogP contribution in [0.2, 0.25) is 0 Å². The molecule has 13 heavy (non-hydrogen) atoms. The van der Waals surface area contributed by atoms with E-state index in [1.807, 2.05) is 13.8 Å².